The van der Waals surface area contributed by atoms with Gasteiger partial charge in [-0.1, -0.05) is 38.5 Å². The average molecular weight is 308 g/mol. The van der Waals surface area contributed by atoms with E-state index in [0.717, 1.165) is 12.3 Å². The maximum Gasteiger partial charge on any atom is 0.185 e. The van der Waals surface area contributed by atoms with Crippen LogP contribution in [0.3, 0.4) is 0 Å². The Hall–Kier alpha value is -0.610. The molecule has 0 saturated carbocycles. The van der Waals surface area contributed by atoms with Crippen molar-refractivity contribution < 1.29 is 0 Å². The zero-order chi connectivity index (χ0) is 15.0. The molecule has 118 valence electrons. The molecular formula is C17H29N3S. The molecule has 3 rings (SSSR count). The van der Waals surface area contributed by atoms with Gasteiger partial charge in [-0.3, -0.25) is 0 Å². The van der Waals surface area contributed by atoms with Crippen LogP contribution in [-0.2, 0) is 6.42 Å². The maximum atomic E-state index is 5.02. The van der Waals surface area contributed by atoms with Crippen molar-refractivity contribution in [3.63, 3.8) is 0 Å². The van der Waals surface area contributed by atoms with Gasteiger partial charge in [0.05, 0.1) is 5.69 Å². The Morgan fingerprint density at radius 1 is 1.33 bits per heavy atom. The fourth-order valence-corrected chi connectivity index (χ4v) is 5.06. The molecule has 0 spiro atoms. The molecule has 1 unspecified atom stereocenters. The second-order valence-electron chi connectivity index (χ2n) is 7.53. The van der Waals surface area contributed by atoms with Gasteiger partial charge in [0, 0.05) is 24.0 Å². The summed E-state index contributed by atoms with van der Waals surface area (Å²) in [5.74, 6) is 0.930. The minimum Gasteiger partial charge on any atom is -0.348 e. The van der Waals surface area contributed by atoms with Crippen LogP contribution in [0, 0.1) is 11.3 Å². The molecule has 0 bridgehead atoms. The van der Waals surface area contributed by atoms with Gasteiger partial charge in [0.15, 0.2) is 5.13 Å². The Labute approximate surface area is 133 Å². The van der Waals surface area contributed by atoms with E-state index in [1.807, 2.05) is 11.3 Å². The van der Waals surface area contributed by atoms with E-state index >= 15 is 0 Å². The van der Waals surface area contributed by atoms with E-state index in [0.29, 0.717) is 11.5 Å². The van der Waals surface area contributed by atoms with Gasteiger partial charge in [0.25, 0.3) is 0 Å². The molecule has 4 heteroatoms. The van der Waals surface area contributed by atoms with Gasteiger partial charge >= 0.3 is 0 Å². The molecule has 2 heterocycles. The Morgan fingerprint density at radius 2 is 2.05 bits per heavy atom. The molecule has 21 heavy (non-hydrogen) atoms. The van der Waals surface area contributed by atoms with Crippen LogP contribution in [0.25, 0.3) is 0 Å². The molecule has 1 aromatic heterocycles. The van der Waals surface area contributed by atoms with Gasteiger partial charge < -0.3 is 10.2 Å². The van der Waals surface area contributed by atoms with Crippen molar-refractivity contribution in [3.05, 3.63) is 10.6 Å². The average Bonchev–Trinajstić information content (AvgIpc) is 2.88. The topological polar surface area (TPSA) is 28.2 Å². The Kier molecular flexibility index (Phi) is 4.28. The van der Waals surface area contributed by atoms with Crippen molar-refractivity contribution in [1.82, 2.24) is 10.3 Å². The number of nitrogens with one attached hydrogen (secondary N) is 1. The summed E-state index contributed by atoms with van der Waals surface area (Å²) in [6.07, 6.45) is 6.35. The van der Waals surface area contributed by atoms with Crippen molar-refractivity contribution in [1.29, 1.82) is 0 Å². The quantitative estimate of drug-likeness (QED) is 0.915. The number of hydrogen-bond donors (Lipinski definition) is 1. The molecule has 0 aromatic carbocycles. The molecule has 1 fully saturated rings. The van der Waals surface area contributed by atoms with Crippen LogP contribution in [0.1, 0.15) is 63.1 Å². The minimum absolute atomic E-state index is 0.362. The number of piperidine rings is 1. The molecule has 1 aliphatic heterocycles. The number of anilines is 1. The minimum atomic E-state index is 0.362. The highest BCUT2D eigenvalue weighted by atomic mass is 32.1. The van der Waals surface area contributed by atoms with Crippen molar-refractivity contribution >= 4 is 16.5 Å². The van der Waals surface area contributed by atoms with Crippen LogP contribution in [0.15, 0.2) is 0 Å². The smallest absolute Gasteiger partial charge is 0.185 e. The summed E-state index contributed by atoms with van der Waals surface area (Å²) in [5, 5.41) is 4.77. The molecule has 1 aliphatic carbocycles. The van der Waals surface area contributed by atoms with Gasteiger partial charge in [-0.05, 0) is 44.1 Å². The SMILES string of the molecule is CCC1CCN(c2nc3c(s2)C(NC)CC(C)(C)C3)CC1. The fraction of sp³-hybridized carbons (Fsp3) is 0.824. The Balaban J connectivity index is 1.79. The van der Waals surface area contributed by atoms with E-state index in [2.05, 4.69) is 38.0 Å². The lowest BCUT2D eigenvalue weighted by molar-refractivity contribution is 0.265. The van der Waals surface area contributed by atoms with Crippen LogP contribution in [0.5, 0.6) is 0 Å². The lowest BCUT2D eigenvalue weighted by atomic mass is 9.76. The van der Waals surface area contributed by atoms with E-state index in [-0.39, 0.29) is 0 Å². The maximum absolute atomic E-state index is 5.02. The largest absolute Gasteiger partial charge is 0.348 e. The molecule has 1 N–H and O–H groups in total. The van der Waals surface area contributed by atoms with Gasteiger partial charge in [-0.15, -0.1) is 0 Å². The summed E-state index contributed by atoms with van der Waals surface area (Å²) in [7, 11) is 2.09. The number of fused-ring (bicyclic) bond motifs is 1. The zero-order valence-electron chi connectivity index (χ0n) is 13.9. The third-order valence-electron chi connectivity index (χ3n) is 5.25. The van der Waals surface area contributed by atoms with E-state index in [9.17, 15) is 0 Å². The standard InChI is InChI=1S/C17H29N3S/c1-5-12-6-8-20(9-7-12)16-19-14-11-17(2,3)10-13(18-4)15(14)21-16/h12-13,18H,5-11H2,1-4H3. The van der Waals surface area contributed by atoms with Crippen molar-refractivity contribution in [3.8, 4) is 0 Å². The number of hydrogen-bond acceptors (Lipinski definition) is 4. The predicted molar refractivity (Wildman–Crippen MR) is 91.2 cm³/mol. The highest BCUT2D eigenvalue weighted by molar-refractivity contribution is 7.15. The number of rotatable bonds is 3. The molecule has 0 radical (unpaired) electrons. The first-order chi connectivity index (χ1) is 10.0. The first-order valence-electron chi connectivity index (χ1n) is 8.44. The monoisotopic (exact) mass is 307 g/mol. The predicted octanol–water partition coefficient (Wildman–Crippen LogP) is 4.00. The highest BCUT2D eigenvalue weighted by Crippen LogP contribution is 2.45. The molecule has 2 aliphatic rings. The van der Waals surface area contributed by atoms with Gasteiger partial charge in [0.2, 0.25) is 0 Å². The molecule has 1 atom stereocenters. The number of nitrogens with zero attached hydrogens (tertiary/aromatic N) is 2. The molecule has 1 aromatic rings. The van der Waals surface area contributed by atoms with Crippen LogP contribution >= 0.6 is 11.3 Å². The number of aromatic nitrogens is 1. The van der Waals surface area contributed by atoms with Crippen molar-refractivity contribution in [2.24, 2.45) is 11.3 Å². The van der Waals surface area contributed by atoms with Gasteiger partial charge in [0.1, 0.15) is 0 Å². The summed E-state index contributed by atoms with van der Waals surface area (Å²) in [6, 6.07) is 0.489. The lowest BCUT2D eigenvalue weighted by Gasteiger charge is -2.34. The van der Waals surface area contributed by atoms with Crippen LogP contribution in [-0.4, -0.2) is 25.1 Å². The first kappa shape index (κ1) is 15.3. The summed E-state index contributed by atoms with van der Waals surface area (Å²) in [5.41, 5.74) is 1.71. The van der Waals surface area contributed by atoms with Crippen LogP contribution < -0.4 is 10.2 Å². The summed E-state index contributed by atoms with van der Waals surface area (Å²) < 4.78 is 0. The number of thiazole rings is 1. The van der Waals surface area contributed by atoms with Crippen LogP contribution in [0.2, 0.25) is 0 Å². The summed E-state index contributed by atoms with van der Waals surface area (Å²) >= 11 is 1.94. The Bertz CT molecular complexity index is 486. The molecule has 0 amide bonds. The molecule has 1 saturated heterocycles. The second kappa shape index (κ2) is 5.88. The third-order valence-corrected chi connectivity index (χ3v) is 6.52. The summed E-state index contributed by atoms with van der Waals surface area (Å²) in [6.45, 7) is 9.44. The molecule has 3 nitrogen and oxygen atoms in total. The highest BCUT2D eigenvalue weighted by Gasteiger charge is 2.35. The van der Waals surface area contributed by atoms with E-state index in [4.69, 9.17) is 4.98 Å². The first-order valence-corrected chi connectivity index (χ1v) is 9.26. The van der Waals surface area contributed by atoms with E-state index in [1.165, 1.54) is 54.5 Å². The lowest BCUT2D eigenvalue weighted by Crippen LogP contribution is -2.33. The van der Waals surface area contributed by atoms with Gasteiger partial charge in [-0.2, -0.15) is 0 Å². The van der Waals surface area contributed by atoms with Crippen molar-refractivity contribution in [2.75, 3.05) is 25.0 Å². The van der Waals surface area contributed by atoms with E-state index in [1.54, 1.807) is 0 Å². The second-order valence-corrected chi connectivity index (χ2v) is 8.54. The zero-order valence-corrected chi connectivity index (χ0v) is 14.7. The van der Waals surface area contributed by atoms with E-state index < -0.39 is 0 Å². The van der Waals surface area contributed by atoms with Gasteiger partial charge in [-0.25, -0.2) is 4.98 Å². The molecular weight excluding hydrogens is 278 g/mol. The Morgan fingerprint density at radius 3 is 2.67 bits per heavy atom. The summed E-state index contributed by atoms with van der Waals surface area (Å²) in [4.78, 5) is 9.04. The van der Waals surface area contributed by atoms with Crippen LogP contribution in [0.4, 0.5) is 5.13 Å². The normalized spacial score (nSPS) is 25.9. The third kappa shape index (κ3) is 3.11. The fourth-order valence-electron chi connectivity index (χ4n) is 3.82. The van der Waals surface area contributed by atoms with Crippen molar-refractivity contribution in [2.45, 2.75) is 58.9 Å².